The summed E-state index contributed by atoms with van der Waals surface area (Å²) < 4.78 is 0. The zero-order valence-corrected chi connectivity index (χ0v) is 21.9. The maximum atomic E-state index is 6.38. The normalized spacial score (nSPS) is 20.3. The molecule has 0 radical (unpaired) electrons. The summed E-state index contributed by atoms with van der Waals surface area (Å²) >= 11 is 12.4. The third kappa shape index (κ3) is 5.84. The molecule has 2 aromatic carbocycles. The standard InChI is InChI=1S/C28H38ClN3S/c1-4-15-31-16-7-9-23-17-22(12-14-27(23)31)19-32(26-10-6-5-8-21(26)3)28(33)30-24-13-11-20(2)25(29)18-24/h11-14,17-18,21,26H,4-10,15-16,19H2,1-3H3,(H,30,33). The number of hydrogen-bond acceptors (Lipinski definition) is 2. The Morgan fingerprint density at radius 1 is 1.15 bits per heavy atom. The average molecular weight is 484 g/mol. The zero-order chi connectivity index (χ0) is 23.4. The van der Waals surface area contributed by atoms with E-state index in [1.807, 2.05) is 19.1 Å². The lowest BCUT2D eigenvalue weighted by atomic mass is 9.84. The van der Waals surface area contributed by atoms with Crippen molar-refractivity contribution in [1.29, 1.82) is 0 Å². The van der Waals surface area contributed by atoms with Crippen molar-refractivity contribution in [3.8, 4) is 0 Å². The monoisotopic (exact) mass is 483 g/mol. The second-order valence-corrected chi connectivity index (χ2v) is 10.7. The van der Waals surface area contributed by atoms with Gasteiger partial charge in [0, 0.05) is 42.1 Å². The van der Waals surface area contributed by atoms with Gasteiger partial charge >= 0.3 is 0 Å². The van der Waals surface area contributed by atoms with Crippen LogP contribution >= 0.6 is 23.8 Å². The molecule has 2 aromatic rings. The van der Waals surface area contributed by atoms with E-state index in [1.165, 1.54) is 68.3 Å². The second kappa shape index (κ2) is 11.1. The quantitative estimate of drug-likeness (QED) is 0.426. The fraction of sp³-hybridized carbons (Fsp3) is 0.536. The Bertz CT molecular complexity index is 976. The Hall–Kier alpha value is -1.78. The van der Waals surface area contributed by atoms with Crippen LogP contribution in [-0.2, 0) is 13.0 Å². The van der Waals surface area contributed by atoms with E-state index in [9.17, 15) is 0 Å². The Labute approximate surface area is 210 Å². The van der Waals surface area contributed by atoms with Crippen LogP contribution in [0.25, 0.3) is 0 Å². The van der Waals surface area contributed by atoms with Gasteiger partial charge in [0.25, 0.3) is 0 Å². The molecule has 1 fully saturated rings. The smallest absolute Gasteiger partial charge is 0.173 e. The van der Waals surface area contributed by atoms with Crippen molar-refractivity contribution >= 4 is 40.3 Å². The first-order valence-electron chi connectivity index (χ1n) is 12.7. The first-order chi connectivity index (χ1) is 16.0. The molecule has 1 N–H and O–H groups in total. The molecule has 1 aliphatic carbocycles. The van der Waals surface area contributed by atoms with E-state index in [2.05, 4.69) is 53.2 Å². The summed E-state index contributed by atoms with van der Waals surface area (Å²) in [6.07, 6.45) is 8.69. The van der Waals surface area contributed by atoms with Crippen LogP contribution in [0, 0.1) is 12.8 Å². The highest BCUT2D eigenvalue weighted by Gasteiger charge is 2.29. The van der Waals surface area contributed by atoms with E-state index < -0.39 is 0 Å². The van der Waals surface area contributed by atoms with Crippen LogP contribution in [0.15, 0.2) is 36.4 Å². The molecule has 2 atom stereocenters. The van der Waals surface area contributed by atoms with E-state index >= 15 is 0 Å². The molecule has 1 saturated carbocycles. The Kier molecular flexibility index (Phi) is 8.19. The lowest BCUT2D eigenvalue weighted by Crippen LogP contribution is -2.46. The predicted molar refractivity (Wildman–Crippen MR) is 147 cm³/mol. The number of rotatable bonds is 6. The molecule has 2 aliphatic rings. The van der Waals surface area contributed by atoms with Crippen molar-refractivity contribution in [2.45, 2.75) is 78.3 Å². The summed E-state index contributed by atoms with van der Waals surface area (Å²) in [5, 5.41) is 5.07. The van der Waals surface area contributed by atoms with Crippen molar-refractivity contribution in [2.75, 3.05) is 23.3 Å². The van der Waals surface area contributed by atoms with Crippen molar-refractivity contribution < 1.29 is 0 Å². The second-order valence-electron chi connectivity index (χ2n) is 9.90. The summed E-state index contributed by atoms with van der Waals surface area (Å²) in [5.41, 5.74) is 6.32. The van der Waals surface area contributed by atoms with Gasteiger partial charge in [-0.1, -0.05) is 56.5 Å². The maximum Gasteiger partial charge on any atom is 0.173 e. The summed E-state index contributed by atoms with van der Waals surface area (Å²) in [6, 6.07) is 13.7. The number of fused-ring (bicyclic) bond motifs is 1. The van der Waals surface area contributed by atoms with Gasteiger partial charge in [-0.15, -0.1) is 0 Å². The fourth-order valence-electron chi connectivity index (χ4n) is 5.49. The van der Waals surface area contributed by atoms with E-state index in [1.54, 1.807) is 0 Å². The van der Waals surface area contributed by atoms with Crippen molar-refractivity contribution in [2.24, 2.45) is 5.92 Å². The number of benzene rings is 2. The molecule has 3 nitrogen and oxygen atoms in total. The van der Waals surface area contributed by atoms with Crippen LogP contribution in [0.2, 0.25) is 5.02 Å². The average Bonchev–Trinajstić information content (AvgIpc) is 2.81. The summed E-state index contributed by atoms with van der Waals surface area (Å²) in [6.45, 7) is 9.85. The number of nitrogens with one attached hydrogen (secondary N) is 1. The molecule has 0 saturated heterocycles. The highest BCUT2D eigenvalue weighted by atomic mass is 35.5. The van der Waals surface area contributed by atoms with Gasteiger partial charge in [0.05, 0.1) is 0 Å². The number of halogens is 1. The van der Waals surface area contributed by atoms with Gasteiger partial charge in [0.15, 0.2) is 5.11 Å². The van der Waals surface area contributed by atoms with Crippen LogP contribution in [0.1, 0.15) is 69.1 Å². The lowest BCUT2D eigenvalue weighted by Gasteiger charge is -2.40. The predicted octanol–water partition coefficient (Wildman–Crippen LogP) is 7.59. The van der Waals surface area contributed by atoms with Crippen LogP contribution in [0.3, 0.4) is 0 Å². The molecule has 0 bridgehead atoms. The summed E-state index contributed by atoms with van der Waals surface area (Å²) in [4.78, 5) is 5.00. The number of thiocarbonyl (C=S) groups is 1. The fourth-order valence-corrected chi connectivity index (χ4v) is 5.99. The van der Waals surface area contributed by atoms with Gasteiger partial charge in [0.1, 0.15) is 0 Å². The minimum Gasteiger partial charge on any atom is -0.371 e. The number of hydrogen-bond donors (Lipinski definition) is 1. The molecule has 33 heavy (non-hydrogen) atoms. The molecule has 0 aromatic heterocycles. The molecule has 0 spiro atoms. The third-order valence-electron chi connectivity index (χ3n) is 7.36. The molecule has 2 unspecified atom stereocenters. The minimum absolute atomic E-state index is 0.465. The number of nitrogens with zero attached hydrogens (tertiary/aromatic N) is 2. The van der Waals surface area contributed by atoms with E-state index in [0.29, 0.717) is 12.0 Å². The summed E-state index contributed by atoms with van der Waals surface area (Å²) in [5.74, 6) is 0.637. The zero-order valence-electron chi connectivity index (χ0n) is 20.4. The van der Waals surface area contributed by atoms with Gasteiger partial charge in [-0.2, -0.15) is 0 Å². The molecule has 1 aliphatic heterocycles. The SMILES string of the molecule is CCCN1CCCc2cc(CN(C(=S)Nc3ccc(C)c(Cl)c3)C3CCCCC3C)ccc21. The molecular weight excluding hydrogens is 446 g/mol. The van der Waals surface area contributed by atoms with Crippen molar-refractivity contribution in [3.63, 3.8) is 0 Å². The lowest BCUT2D eigenvalue weighted by molar-refractivity contribution is 0.177. The van der Waals surface area contributed by atoms with Crippen LogP contribution in [-0.4, -0.2) is 29.1 Å². The van der Waals surface area contributed by atoms with Crippen molar-refractivity contribution in [3.05, 3.63) is 58.1 Å². The van der Waals surface area contributed by atoms with Gasteiger partial charge in [-0.25, -0.2) is 0 Å². The Balaban J connectivity index is 1.57. The number of anilines is 2. The highest BCUT2D eigenvalue weighted by Crippen LogP contribution is 2.32. The van der Waals surface area contributed by atoms with Gasteiger partial charge in [-0.3, -0.25) is 0 Å². The van der Waals surface area contributed by atoms with E-state index in [0.717, 1.165) is 34.5 Å². The molecule has 4 rings (SSSR count). The number of aryl methyl sites for hydroxylation is 2. The van der Waals surface area contributed by atoms with Gasteiger partial charge in [0.2, 0.25) is 0 Å². The topological polar surface area (TPSA) is 18.5 Å². The minimum atomic E-state index is 0.465. The Morgan fingerprint density at radius 3 is 2.73 bits per heavy atom. The molecule has 178 valence electrons. The first-order valence-corrected chi connectivity index (χ1v) is 13.5. The Morgan fingerprint density at radius 2 is 1.97 bits per heavy atom. The third-order valence-corrected chi connectivity index (χ3v) is 8.10. The van der Waals surface area contributed by atoms with Crippen LogP contribution in [0.5, 0.6) is 0 Å². The largest absolute Gasteiger partial charge is 0.371 e. The van der Waals surface area contributed by atoms with Crippen molar-refractivity contribution in [1.82, 2.24) is 4.90 Å². The molecular formula is C28H38ClN3S. The first kappa shape index (κ1) is 24.3. The summed E-state index contributed by atoms with van der Waals surface area (Å²) in [7, 11) is 0. The van der Waals surface area contributed by atoms with Crippen LogP contribution in [0.4, 0.5) is 11.4 Å². The molecule has 1 heterocycles. The highest BCUT2D eigenvalue weighted by molar-refractivity contribution is 7.80. The van der Waals surface area contributed by atoms with Gasteiger partial charge in [-0.05, 0) is 92.1 Å². The van der Waals surface area contributed by atoms with Crippen LogP contribution < -0.4 is 10.2 Å². The van der Waals surface area contributed by atoms with Gasteiger partial charge < -0.3 is 15.1 Å². The van der Waals surface area contributed by atoms with E-state index in [4.69, 9.17) is 23.8 Å². The molecule has 0 amide bonds. The van der Waals surface area contributed by atoms with E-state index in [-0.39, 0.29) is 0 Å². The maximum absolute atomic E-state index is 6.38. The molecule has 5 heteroatoms.